The molecule has 4 N–H and O–H groups in total. The Morgan fingerprint density at radius 3 is 1.70 bits per heavy atom. The Labute approximate surface area is 274 Å². The monoisotopic (exact) mass is 654 g/mol. The Balaban J connectivity index is 2.29. The fourth-order valence-electron chi connectivity index (χ4n) is 4.99. The highest BCUT2D eigenvalue weighted by Gasteiger charge is 2.30. The molecule has 0 saturated carbocycles. The van der Waals surface area contributed by atoms with Crippen molar-refractivity contribution in [2.24, 2.45) is 11.8 Å². The summed E-state index contributed by atoms with van der Waals surface area (Å²) in [6, 6.07) is 15.4. The molecule has 0 aliphatic rings. The van der Waals surface area contributed by atoms with Crippen molar-refractivity contribution in [3.8, 4) is 0 Å². The van der Waals surface area contributed by atoms with Crippen LogP contribution in [-0.2, 0) is 41.9 Å². The average Bonchev–Trinajstić information content (AvgIpc) is 2.97. The van der Waals surface area contributed by atoms with Crippen LogP contribution in [-0.4, -0.2) is 62.5 Å². The Bertz CT molecular complexity index is 1410. The van der Waals surface area contributed by atoms with E-state index in [-0.39, 0.29) is 24.2 Å². The lowest BCUT2D eigenvalue weighted by atomic mass is 9.99. The van der Waals surface area contributed by atoms with Crippen LogP contribution < -0.4 is 21.3 Å². The van der Waals surface area contributed by atoms with Gasteiger partial charge in [0, 0.05) is 31.1 Å². The predicted octanol–water partition coefficient (Wildman–Crippen LogP) is 3.47. The van der Waals surface area contributed by atoms with Gasteiger partial charge in [0.05, 0.1) is 0 Å². The minimum atomic E-state index is -3.42. The summed E-state index contributed by atoms with van der Waals surface area (Å²) >= 11 is 0. The van der Waals surface area contributed by atoms with Gasteiger partial charge in [0.25, 0.3) is 0 Å². The molecule has 2 aromatic rings. The second-order valence-electron chi connectivity index (χ2n) is 12.6. The Hall–Kier alpha value is -3.99. The van der Waals surface area contributed by atoms with Gasteiger partial charge in [0.1, 0.15) is 18.1 Å². The van der Waals surface area contributed by atoms with Gasteiger partial charge in [-0.05, 0) is 48.6 Å². The molecule has 0 spiro atoms. The first-order valence-electron chi connectivity index (χ1n) is 15.8. The summed E-state index contributed by atoms with van der Waals surface area (Å²) < 4.78 is 23.6. The van der Waals surface area contributed by atoms with E-state index in [0.29, 0.717) is 25.7 Å². The molecule has 11 heteroatoms. The van der Waals surface area contributed by atoms with E-state index >= 15 is 0 Å². The molecular weight excluding hydrogens is 604 g/mol. The maximum absolute atomic E-state index is 13.8. The Kier molecular flexibility index (Phi) is 15.7. The van der Waals surface area contributed by atoms with Gasteiger partial charge in [-0.3, -0.25) is 19.2 Å². The van der Waals surface area contributed by atoms with E-state index in [1.807, 2.05) is 88.4 Å². The molecule has 0 heterocycles. The number of carbonyl (C=O) groups excluding carboxylic acids is 4. The van der Waals surface area contributed by atoms with Crippen LogP contribution in [0.25, 0.3) is 0 Å². The standard InChI is InChI=1S/C35H50N4O6S/c1-24(2)21-29(19-20-46(6,44)45)37-34(42)32(23-28-15-11-8-12-16-28)39-35(43)31(22-25(3)4)38-33(41)30(36-26(5)40)18-17-27-13-9-7-10-14-27/h7-16,19-20,24-25,29-32H,17-18,21-23H2,1-6H3,(H,36,40)(H,37,42)(H,38,41)(H,39,43)/b20-19+/t29-,30+,31+,32+/m1/s1. The molecule has 0 aliphatic heterocycles. The van der Waals surface area contributed by atoms with Crippen molar-refractivity contribution < 1.29 is 27.6 Å². The highest BCUT2D eigenvalue weighted by atomic mass is 32.2. The van der Waals surface area contributed by atoms with Gasteiger partial charge in [0.15, 0.2) is 9.84 Å². The molecule has 0 aromatic heterocycles. The van der Waals surface area contributed by atoms with Crippen molar-refractivity contribution in [2.75, 3.05) is 6.26 Å². The number of hydrogen-bond acceptors (Lipinski definition) is 6. The van der Waals surface area contributed by atoms with Gasteiger partial charge in [-0.1, -0.05) is 94.4 Å². The number of hydrogen-bond donors (Lipinski definition) is 4. The van der Waals surface area contributed by atoms with Gasteiger partial charge in [0.2, 0.25) is 23.6 Å². The lowest BCUT2D eigenvalue weighted by Gasteiger charge is -2.27. The minimum absolute atomic E-state index is 0.0255. The number of nitrogens with one attached hydrogen (secondary N) is 4. The van der Waals surface area contributed by atoms with E-state index in [1.54, 1.807) is 0 Å². The Morgan fingerprint density at radius 2 is 1.17 bits per heavy atom. The minimum Gasteiger partial charge on any atom is -0.348 e. The normalized spacial score (nSPS) is 14.3. The predicted molar refractivity (Wildman–Crippen MR) is 181 cm³/mol. The molecule has 46 heavy (non-hydrogen) atoms. The molecule has 10 nitrogen and oxygen atoms in total. The van der Waals surface area contributed by atoms with E-state index in [0.717, 1.165) is 22.8 Å². The molecule has 4 atom stereocenters. The van der Waals surface area contributed by atoms with Crippen molar-refractivity contribution in [1.29, 1.82) is 0 Å². The van der Waals surface area contributed by atoms with E-state index in [4.69, 9.17) is 0 Å². The zero-order chi connectivity index (χ0) is 34.3. The summed E-state index contributed by atoms with van der Waals surface area (Å²) in [5.41, 5.74) is 1.82. The summed E-state index contributed by atoms with van der Waals surface area (Å²) in [4.78, 5) is 52.9. The molecule has 0 aliphatic carbocycles. The highest BCUT2D eigenvalue weighted by molar-refractivity contribution is 7.93. The van der Waals surface area contributed by atoms with Crippen LogP contribution in [0.5, 0.6) is 0 Å². The molecule has 252 valence electrons. The third-order valence-electron chi connectivity index (χ3n) is 7.13. The lowest BCUT2D eigenvalue weighted by Crippen LogP contribution is -2.58. The fourth-order valence-corrected chi connectivity index (χ4v) is 5.47. The lowest BCUT2D eigenvalue weighted by molar-refractivity contribution is -0.134. The van der Waals surface area contributed by atoms with Crippen LogP contribution in [0, 0.1) is 11.8 Å². The molecular formula is C35H50N4O6S. The van der Waals surface area contributed by atoms with E-state index in [2.05, 4.69) is 21.3 Å². The Morgan fingerprint density at radius 1 is 0.674 bits per heavy atom. The number of rotatable bonds is 18. The highest BCUT2D eigenvalue weighted by Crippen LogP contribution is 2.12. The largest absolute Gasteiger partial charge is 0.348 e. The summed E-state index contributed by atoms with van der Waals surface area (Å²) in [6.45, 7) is 9.11. The summed E-state index contributed by atoms with van der Waals surface area (Å²) in [6.07, 6.45) is 4.38. The third-order valence-corrected chi connectivity index (χ3v) is 7.78. The maximum Gasteiger partial charge on any atom is 0.243 e. The van der Waals surface area contributed by atoms with Crippen molar-refractivity contribution in [2.45, 2.75) is 90.9 Å². The van der Waals surface area contributed by atoms with Gasteiger partial charge in [-0.2, -0.15) is 0 Å². The molecule has 0 fully saturated rings. The second-order valence-corrected chi connectivity index (χ2v) is 14.6. The van der Waals surface area contributed by atoms with Crippen LogP contribution in [0.2, 0.25) is 0 Å². The summed E-state index contributed by atoms with van der Waals surface area (Å²) in [5, 5.41) is 12.4. The third kappa shape index (κ3) is 15.3. The molecule has 0 unspecified atom stereocenters. The number of carbonyl (C=O) groups is 4. The summed E-state index contributed by atoms with van der Waals surface area (Å²) in [5.74, 6) is -1.68. The molecule has 4 amide bonds. The van der Waals surface area contributed by atoms with Crippen molar-refractivity contribution in [3.63, 3.8) is 0 Å². The quantitative estimate of drug-likeness (QED) is 0.193. The van der Waals surface area contributed by atoms with Gasteiger partial charge < -0.3 is 21.3 Å². The van der Waals surface area contributed by atoms with Crippen LogP contribution >= 0.6 is 0 Å². The van der Waals surface area contributed by atoms with Crippen molar-refractivity contribution in [3.05, 3.63) is 83.3 Å². The zero-order valence-electron chi connectivity index (χ0n) is 27.8. The van der Waals surface area contributed by atoms with Crippen LogP contribution in [0.4, 0.5) is 0 Å². The molecule has 0 radical (unpaired) electrons. The molecule has 2 rings (SSSR count). The van der Waals surface area contributed by atoms with E-state index < -0.39 is 51.7 Å². The van der Waals surface area contributed by atoms with Crippen LogP contribution in [0.15, 0.2) is 72.1 Å². The van der Waals surface area contributed by atoms with Gasteiger partial charge in [-0.25, -0.2) is 8.42 Å². The first kappa shape index (κ1) is 38.2. The molecule has 0 saturated heterocycles. The average molecular weight is 655 g/mol. The zero-order valence-corrected chi connectivity index (χ0v) is 28.6. The second kappa shape index (κ2) is 18.9. The van der Waals surface area contributed by atoms with Gasteiger partial charge in [-0.15, -0.1) is 0 Å². The first-order valence-corrected chi connectivity index (χ1v) is 17.7. The maximum atomic E-state index is 13.8. The number of sulfone groups is 1. The molecule has 2 aromatic carbocycles. The summed E-state index contributed by atoms with van der Waals surface area (Å²) in [7, 11) is -3.42. The van der Waals surface area contributed by atoms with E-state index in [9.17, 15) is 27.6 Å². The number of aryl methyl sites for hydroxylation is 1. The van der Waals surface area contributed by atoms with Crippen molar-refractivity contribution in [1.82, 2.24) is 21.3 Å². The van der Waals surface area contributed by atoms with Crippen molar-refractivity contribution >= 4 is 33.5 Å². The van der Waals surface area contributed by atoms with Crippen LogP contribution in [0.3, 0.4) is 0 Å². The number of amides is 4. The van der Waals surface area contributed by atoms with E-state index in [1.165, 1.54) is 13.0 Å². The number of benzene rings is 2. The van der Waals surface area contributed by atoms with Crippen LogP contribution in [0.1, 0.15) is 65.0 Å². The SMILES string of the molecule is CC(=O)N[C@@H](CCc1ccccc1)C(=O)N[C@@H](CC(C)C)C(=O)N[C@@H](Cc1ccccc1)C(=O)N[C@H](/C=C/S(C)(=O)=O)CC(C)C. The van der Waals surface area contributed by atoms with Gasteiger partial charge >= 0.3 is 0 Å². The topological polar surface area (TPSA) is 151 Å². The smallest absolute Gasteiger partial charge is 0.243 e. The first-order chi connectivity index (χ1) is 21.6. The fraction of sp³-hybridized carbons (Fsp3) is 0.486. The molecule has 0 bridgehead atoms.